The van der Waals surface area contributed by atoms with Crippen molar-refractivity contribution in [2.24, 2.45) is 0 Å². The Kier molecular flexibility index (Phi) is 2.94. The third-order valence-electron chi connectivity index (χ3n) is 4.91. The van der Waals surface area contributed by atoms with Crippen molar-refractivity contribution in [3.8, 4) is 5.75 Å². The number of rotatable bonds is 2. The first-order valence-corrected chi connectivity index (χ1v) is 9.37. The van der Waals surface area contributed by atoms with Crippen molar-refractivity contribution in [3.05, 3.63) is 29.8 Å². The van der Waals surface area contributed by atoms with Crippen molar-refractivity contribution in [3.63, 3.8) is 0 Å². The van der Waals surface area contributed by atoms with E-state index in [4.69, 9.17) is 9.47 Å². The average Bonchev–Trinajstić information content (AvgIpc) is 3.27. The molecule has 0 saturated carbocycles. The number of para-hydroxylation sites is 1. The molecule has 2 saturated heterocycles. The molecule has 0 spiro atoms. The molecule has 6 heteroatoms. The average molecular weight is 323 g/mol. The highest BCUT2D eigenvalue weighted by Gasteiger charge is 2.77. The zero-order valence-corrected chi connectivity index (χ0v) is 13.7. The lowest BCUT2D eigenvalue weighted by Crippen LogP contribution is -2.51. The second kappa shape index (κ2) is 4.46. The Morgan fingerprint density at radius 1 is 1.23 bits per heavy atom. The smallest absolute Gasteiger partial charge is 0.230 e. The summed E-state index contributed by atoms with van der Waals surface area (Å²) >= 11 is 0. The zero-order valence-electron chi connectivity index (χ0n) is 12.8. The predicted octanol–water partition coefficient (Wildman–Crippen LogP) is 1.92. The zero-order chi connectivity index (χ0) is 15.6. The molecule has 5 nitrogen and oxygen atoms in total. The molecular weight excluding hydrogens is 302 g/mol. The van der Waals surface area contributed by atoms with Crippen molar-refractivity contribution in [2.75, 3.05) is 6.54 Å². The summed E-state index contributed by atoms with van der Waals surface area (Å²) < 4.78 is 38.5. The molecule has 120 valence electrons. The van der Waals surface area contributed by atoms with Crippen molar-refractivity contribution in [2.45, 2.75) is 55.1 Å². The Labute approximate surface area is 130 Å². The lowest BCUT2D eigenvalue weighted by Gasteiger charge is -2.35. The number of hydrogen-bond acceptors (Lipinski definition) is 5. The Hall–Kier alpha value is -1.11. The van der Waals surface area contributed by atoms with Crippen LogP contribution in [0.25, 0.3) is 0 Å². The van der Waals surface area contributed by atoms with Crippen molar-refractivity contribution >= 4 is 9.84 Å². The van der Waals surface area contributed by atoms with Crippen molar-refractivity contribution in [1.29, 1.82) is 0 Å². The van der Waals surface area contributed by atoms with Gasteiger partial charge in [-0.3, -0.25) is 0 Å². The van der Waals surface area contributed by atoms with Crippen LogP contribution in [0.2, 0.25) is 0 Å². The molecule has 3 heterocycles. The molecular formula is C16H21NO4S. The van der Waals surface area contributed by atoms with Crippen LogP contribution < -0.4 is 10.1 Å². The minimum absolute atomic E-state index is 0.455. The van der Waals surface area contributed by atoms with Crippen LogP contribution in [0.15, 0.2) is 24.3 Å². The van der Waals surface area contributed by atoms with Gasteiger partial charge in [0, 0.05) is 5.56 Å². The van der Waals surface area contributed by atoms with Gasteiger partial charge in [-0.2, -0.15) is 0 Å². The number of nitrogens with one attached hydrogen (secondary N) is 1. The van der Waals surface area contributed by atoms with E-state index in [-0.39, 0.29) is 0 Å². The summed E-state index contributed by atoms with van der Waals surface area (Å²) in [6, 6.07) is 7.33. The fourth-order valence-electron chi connectivity index (χ4n) is 3.79. The molecule has 1 unspecified atom stereocenters. The molecule has 3 atom stereocenters. The summed E-state index contributed by atoms with van der Waals surface area (Å²) in [5.74, 6) is 0.612. The molecule has 1 aromatic rings. The standard InChI is InChI=1S/C16H21NO4S/c1-15(2)14-16(21-14,11-7-3-4-8-12(11)20-15)22(18,19)13-9-5-6-10-17-13/h3-4,7-8,13-14,17H,5-6,9-10H2,1-2H3/t13-,14?,16-/m0/s1. The van der Waals surface area contributed by atoms with E-state index in [0.717, 1.165) is 19.4 Å². The van der Waals surface area contributed by atoms with Gasteiger partial charge < -0.3 is 14.8 Å². The first-order chi connectivity index (χ1) is 10.4. The monoisotopic (exact) mass is 323 g/mol. The molecule has 0 radical (unpaired) electrons. The van der Waals surface area contributed by atoms with Crippen LogP contribution in [-0.2, 0) is 19.5 Å². The number of benzene rings is 1. The van der Waals surface area contributed by atoms with Gasteiger partial charge >= 0.3 is 0 Å². The van der Waals surface area contributed by atoms with E-state index >= 15 is 0 Å². The summed E-state index contributed by atoms with van der Waals surface area (Å²) in [6.45, 7) is 4.52. The van der Waals surface area contributed by atoms with Gasteiger partial charge in [0.25, 0.3) is 0 Å². The van der Waals surface area contributed by atoms with Gasteiger partial charge in [-0.1, -0.05) is 18.2 Å². The van der Waals surface area contributed by atoms with E-state index in [9.17, 15) is 8.42 Å². The topological polar surface area (TPSA) is 67.9 Å². The largest absolute Gasteiger partial charge is 0.485 e. The highest BCUT2D eigenvalue weighted by molar-refractivity contribution is 7.93. The first kappa shape index (κ1) is 14.5. The number of ether oxygens (including phenoxy) is 2. The van der Waals surface area contributed by atoms with Crippen molar-refractivity contribution in [1.82, 2.24) is 5.32 Å². The van der Waals surface area contributed by atoms with Crippen LogP contribution in [0.5, 0.6) is 5.75 Å². The molecule has 0 aromatic heterocycles. The lowest BCUT2D eigenvalue weighted by atomic mass is 9.94. The van der Waals surface area contributed by atoms with Gasteiger partial charge in [-0.25, -0.2) is 8.42 Å². The van der Waals surface area contributed by atoms with E-state index < -0.39 is 31.8 Å². The highest BCUT2D eigenvalue weighted by Crippen LogP contribution is 2.62. The second-order valence-corrected chi connectivity index (χ2v) is 9.12. The van der Waals surface area contributed by atoms with Crippen LogP contribution in [0.3, 0.4) is 0 Å². The second-order valence-electron chi connectivity index (χ2n) is 6.85. The fraction of sp³-hybridized carbons (Fsp3) is 0.625. The third kappa shape index (κ3) is 1.74. The maximum Gasteiger partial charge on any atom is 0.230 e. The molecule has 0 amide bonds. The van der Waals surface area contributed by atoms with Crippen LogP contribution >= 0.6 is 0 Å². The maximum absolute atomic E-state index is 13.3. The minimum atomic E-state index is -3.51. The Morgan fingerprint density at radius 2 is 2.00 bits per heavy atom. The third-order valence-corrected chi connectivity index (χ3v) is 7.44. The molecule has 22 heavy (non-hydrogen) atoms. The van der Waals surface area contributed by atoms with E-state index in [2.05, 4.69) is 5.32 Å². The Balaban J connectivity index is 1.84. The number of hydrogen-bond donors (Lipinski definition) is 1. The predicted molar refractivity (Wildman–Crippen MR) is 82.3 cm³/mol. The minimum Gasteiger partial charge on any atom is -0.485 e. The van der Waals surface area contributed by atoms with E-state index in [0.29, 0.717) is 17.7 Å². The van der Waals surface area contributed by atoms with Gasteiger partial charge in [-0.15, -0.1) is 0 Å². The summed E-state index contributed by atoms with van der Waals surface area (Å²) in [5, 5.41) is 2.62. The normalized spacial score (nSPS) is 35.9. The molecule has 4 rings (SSSR count). The summed E-state index contributed by atoms with van der Waals surface area (Å²) in [4.78, 5) is -1.25. The van der Waals surface area contributed by atoms with Gasteiger partial charge in [0.1, 0.15) is 22.8 Å². The Morgan fingerprint density at radius 3 is 2.73 bits per heavy atom. The molecule has 3 aliphatic rings. The van der Waals surface area contributed by atoms with E-state index in [1.807, 2.05) is 38.1 Å². The van der Waals surface area contributed by atoms with Crippen LogP contribution in [-0.4, -0.2) is 32.0 Å². The van der Waals surface area contributed by atoms with Gasteiger partial charge in [0.15, 0.2) is 0 Å². The van der Waals surface area contributed by atoms with Gasteiger partial charge in [0.05, 0.1) is 0 Å². The lowest BCUT2D eigenvalue weighted by molar-refractivity contribution is 0.0720. The summed E-state index contributed by atoms with van der Waals surface area (Å²) in [7, 11) is -3.51. The number of piperidine rings is 1. The van der Waals surface area contributed by atoms with Gasteiger partial charge in [0.2, 0.25) is 14.8 Å². The summed E-state index contributed by atoms with van der Waals surface area (Å²) in [5.41, 5.74) is -0.0116. The van der Waals surface area contributed by atoms with E-state index in [1.54, 1.807) is 0 Å². The molecule has 3 aliphatic heterocycles. The number of epoxide rings is 1. The van der Waals surface area contributed by atoms with Crippen LogP contribution in [0.4, 0.5) is 0 Å². The first-order valence-electron chi connectivity index (χ1n) is 7.83. The molecule has 1 N–H and O–H groups in total. The SMILES string of the molecule is CC1(C)Oc2ccccc2[C@@]2(S(=O)(=O)[C@H]3CCCCN3)OC12. The number of sulfone groups is 1. The van der Waals surface area contributed by atoms with E-state index in [1.165, 1.54) is 0 Å². The highest BCUT2D eigenvalue weighted by atomic mass is 32.2. The quantitative estimate of drug-likeness (QED) is 0.842. The molecule has 0 bridgehead atoms. The maximum atomic E-state index is 13.3. The summed E-state index contributed by atoms with van der Waals surface area (Å²) in [6.07, 6.45) is 2.14. The molecule has 2 fully saturated rings. The number of fused-ring (bicyclic) bond motifs is 3. The van der Waals surface area contributed by atoms with Crippen LogP contribution in [0, 0.1) is 0 Å². The fourth-order valence-corrected chi connectivity index (χ4v) is 6.32. The van der Waals surface area contributed by atoms with Crippen LogP contribution in [0.1, 0.15) is 38.7 Å². The molecule has 1 aromatic carbocycles. The van der Waals surface area contributed by atoms with Gasteiger partial charge in [-0.05, 0) is 45.7 Å². The van der Waals surface area contributed by atoms with Crippen molar-refractivity contribution < 1.29 is 17.9 Å². The Bertz CT molecular complexity index is 709. The molecule has 0 aliphatic carbocycles.